The fourth-order valence-electron chi connectivity index (χ4n) is 3.03. The molecule has 29 heavy (non-hydrogen) atoms. The lowest BCUT2D eigenvalue weighted by molar-refractivity contribution is -0.141. The minimum Gasteiger partial charge on any atom is -0.321 e. The predicted octanol–water partition coefficient (Wildman–Crippen LogP) is 7.22. The summed E-state index contributed by atoms with van der Waals surface area (Å²) in [6.07, 6.45) is -9.85. The molecule has 1 N–H and O–H groups in total. The average molecular weight is 417 g/mol. The first-order chi connectivity index (χ1) is 13.2. The second kappa shape index (κ2) is 8.08. The number of amides is 1. The Morgan fingerprint density at radius 2 is 1.34 bits per heavy atom. The van der Waals surface area contributed by atoms with E-state index in [0.29, 0.717) is 22.9 Å². The van der Waals surface area contributed by atoms with Gasteiger partial charge in [0.1, 0.15) is 0 Å². The van der Waals surface area contributed by atoms with Gasteiger partial charge in [0.2, 0.25) is 0 Å². The number of para-hydroxylation sites is 1. The van der Waals surface area contributed by atoms with E-state index in [1.54, 1.807) is 18.2 Å². The molecule has 1 amide bonds. The summed E-state index contributed by atoms with van der Waals surface area (Å²) in [5, 5.41) is 2.44. The number of nitrogens with one attached hydrogen (secondary N) is 1. The van der Waals surface area contributed by atoms with E-state index in [2.05, 4.69) is 5.32 Å². The van der Waals surface area contributed by atoms with E-state index in [4.69, 9.17) is 0 Å². The summed E-state index contributed by atoms with van der Waals surface area (Å²) in [5.74, 6) is -1.36. The van der Waals surface area contributed by atoms with Gasteiger partial charge < -0.3 is 5.32 Å². The van der Waals surface area contributed by atoms with Gasteiger partial charge >= 0.3 is 12.4 Å². The molecule has 2 rings (SSSR count). The second-order valence-electron chi connectivity index (χ2n) is 7.33. The molecule has 8 heteroatoms. The highest BCUT2D eigenvalue weighted by molar-refractivity contribution is 6.06. The molecule has 0 bridgehead atoms. The SMILES string of the molecule is CC(C)c1cccc(C(C)C)c1NC(=O)c1cc(C(F)(F)F)ccc1C(F)(F)F. The lowest BCUT2D eigenvalue weighted by Crippen LogP contribution is -2.22. The van der Waals surface area contributed by atoms with E-state index in [0.717, 1.165) is 0 Å². The number of alkyl halides is 6. The quantitative estimate of drug-likeness (QED) is 0.523. The van der Waals surface area contributed by atoms with Gasteiger partial charge in [0.05, 0.1) is 16.7 Å². The van der Waals surface area contributed by atoms with E-state index >= 15 is 0 Å². The molecule has 0 spiro atoms. The number of hydrogen-bond donors (Lipinski definition) is 1. The molecule has 0 aromatic heterocycles. The number of halogens is 6. The van der Waals surface area contributed by atoms with Crippen LogP contribution in [0.3, 0.4) is 0 Å². The Balaban J connectivity index is 2.62. The van der Waals surface area contributed by atoms with Crippen molar-refractivity contribution in [2.24, 2.45) is 0 Å². The molecular weight excluding hydrogens is 396 g/mol. The van der Waals surface area contributed by atoms with Crippen molar-refractivity contribution in [1.82, 2.24) is 0 Å². The van der Waals surface area contributed by atoms with Crippen molar-refractivity contribution in [1.29, 1.82) is 0 Å². The van der Waals surface area contributed by atoms with Crippen LogP contribution in [0.4, 0.5) is 32.0 Å². The molecule has 2 aromatic carbocycles. The molecule has 0 aliphatic rings. The van der Waals surface area contributed by atoms with Crippen LogP contribution in [0.15, 0.2) is 36.4 Å². The Bertz CT molecular complexity index is 871. The van der Waals surface area contributed by atoms with Gasteiger partial charge in [0, 0.05) is 5.69 Å². The minimum atomic E-state index is -4.98. The Hall–Kier alpha value is -2.51. The molecule has 158 valence electrons. The van der Waals surface area contributed by atoms with Gasteiger partial charge in [-0.2, -0.15) is 26.3 Å². The highest BCUT2D eigenvalue weighted by atomic mass is 19.4. The summed E-state index contributed by atoms with van der Waals surface area (Å²) in [6.45, 7) is 7.39. The first kappa shape index (κ1) is 22.8. The molecule has 0 saturated heterocycles. The lowest BCUT2D eigenvalue weighted by Gasteiger charge is -2.21. The van der Waals surface area contributed by atoms with Crippen molar-refractivity contribution in [3.05, 3.63) is 64.2 Å². The molecule has 2 aromatic rings. The van der Waals surface area contributed by atoms with Crippen LogP contribution in [0.2, 0.25) is 0 Å². The van der Waals surface area contributed by atoms with Crippen LogP contribution in [0.25, 0.3) is 0 Å². The van der Waals surface area contributed by atoms with Gasteiger partial charge in [0.25, 0.3) is 5.91 Å². The molecule has 0 fully saturated rings. The van der Waals surface area contributed by atoms with E-state index in [1.807, 2.05) is 27.7 Å². The Morgan fingerprint density at radius 1 is 0.828 bits per heavy atom. The first-order valence-corrected chi connectivity index (χ1v) is 8.96. The fraction of sp³-hybridized carbons (Fsp3) is 0.381. The molecule has 0 heterocycles. The summed E-state index contributed by atoms with van der Waals surface area (Å²) < 4.78 is 79.0. The molecular formula is C21H21F6NO. The standard InChI is InChI=1S/C21H21F6NO/c1-11(2)14-6-5-7-15(12(3)4)18(14)28-19(29)16-10-13(20(22,23)24)8-9-17(16)21(25,26)27/h5-12H,1-4H3,(H,28,29). The average Bonchev–Trinajstić information content (AvgIpc) is 2.59. The van der Waals surface area contributed by atoms with Crippen LogP contribution in [0, 0.1) is 0 Å². The maximum atomic E-state index is 13.3. The molecule has 0 aliphatic heterocycles. The zero-order valence-corrected chi connectivity index (χ0v) is 16.3. The van der Waals surface area contributed by atoms with E-state index < -0.39 is 35.0 Å². The maximum Gasteiger partial charge on any atom is 0.417 e. The van der Waals surface area contributed by atoms with Crippen LogP contribution < -0.4 is 5.32 Å². The second-order valence-corrected chi connectivity index (χ2v) is 7.33. The van der Waals surface area contributed by atoms with Crippen LogP contribution in [0.1, 0.15) is 72.1 Å². The molecule has 2 nitrogen and oxygen atoms in total. The Morgan fingerprint density at radius 3 is 1.76 bits per heavy atom. The summed E-state index contributed by atoms with van der Waals surface area (Å²) in [5.41, 5.74) is -2.11. The van der Waals surface area contributed by atoms with Gasteiger partial charge in [-0.25, -0.2) is 0 Å². The topological polar surface area (TPSA) is 29.1 Å². The molecule has 0 saturated carbocycles. The summed E-state index contributed by atoms with van der Waals surface area (Å²) in [6, 6.07) is 6.07. The lowest BCUT2D eigenvalue weighted by atomic mass is 9.92. The fourth-order valence-corrected chi connectivity index (χ4v) is 3.03. The monoisotopic (exact) mass is 417 g/mol. The predicted molar refractivity (Wildman–Crippen MR) is 99.0 cm³/mol. The number of anilines is 1. The third kappa shape index (κ3) is 5.10. The first-order valence-electron chi connectivity index (χ1n) is 8.96. The van der Waals surface area contributed by atoms with Crippen molar-refractivity contribution >= 4 is 11.6 Å². The van der Waals surface area contributed by atoms with E-state index in [1.165, 1.54) is 0 Å². The molecule has 0 radical (unpaired) electrons. The largest absolute Gasteiger partial charge is 0.417 e. The van der Waals surface area contributed by atoms with Crippen LogP contribution >= 0.6 is 0 Å². The number of benzene rings is 2. The zero-order chi connectivity index (χ0) is 22.1. The van der Waals surface area contributed by atoms with Gasteiger partial charge in [0.15, 0.2) is 0 Å². The number of carbonyl (C=O) groups is 1. The van der Waals surface area contributed by atoms with Crippen LogP contribution in [-0.4, -0.2) is 5.91 Å². The zero-order valence-electron chi connectivity index (χ0n) is 16.3. The van der Waals surface area contributed by atoms with E-state index in [9.17, 15) is 31.1 Å². The van der Waals surface area contributed by atoms with Crippen molar-refractivity contribution in [2.45, 2.75) is 51.9 Å². The highest BCUT2D eigenvalue weighted by Gasteiger charge is 2.38. The van der Waals surface area contributed by atoms with Crippen molar-refractivity contribution in [3.8, 4) is 0 Å². The smallest absolute Gasteiger partial charge is 0.321 e. The summed E-state index contributed by atoms with van der Waals surface area (Å²) in [7, 11) is 0. The Labute approximate surface area is 164 Å². The number of rotatable bonds is 4. The Kier molecular flexibility index (Phi) is 6.35. The van der Waals surface area contributed by atoms with Crippen molar-refractivity contribution < 1.29 is 31.1 Å². The van der Waals surface area contributed by atoms with Gasteiger partial charge in [-0.3, -0.25) is 4.79 Å². The molecule has 0 atom stereocenters. The van der Waals surface area contributed by atoms with Crippen LogP contribution in [0.5, 0.6) is 0 Å². The highest BCUT2D eigenvalue weighted by Crippen LogP contribution is 2.38. The van der Waals surface area contributed by atoms with E-state index in [-0.39, 0.29) is 24.0 Å². The number of carbonyl (C=O) groups excluding carboxylic acids is 1. The maximum absolute atomic E-state index is 13.3. The third-order valence-electron chi connectivity index (χ3n) is 4.51. The van der Waals surface area contributed by atoms with Crippen molar-refractivity contribution in [3.63, 3.8) is 0 Å². The minimum absolute atomic E-state index is 0.0624. The van der Waals surface area contributed by atoms with Gasteiger partial charge in [-0.1, -0.05) is 45.9 Å². The number of hydrogen-bond acceptors (Lipinski definition) is 1. The molecule has 0 unspecified atom stereocenters. The third-order valence-corrected chi connectivity index (χ3v) is 4.51. The van der Waals surface area contributed by atoms with Gasteiger partial charge in [-0.05, 0) is 41.2 Å². The summed E-state index contributed by atoms with van der Waals surface area (Å²) >= 11 is 0. The molecule has 0 aliphatic carbocycles. The van der Waals surface area contributed by atoms with Gasteiger partial charge in [-0.15, -0.1) is 0 Å². The van der Waals surface area contributed by atoms with Crippen molar-refractivity contribution in [2.75, 3.05) is 5.32 Å². The summed E-state index contributed by atoms with van der Waals surface area (Å²) in [4.78, 5) is 12.7. The van der Waals surface area contributed by atoms with Crippen LogP contribution in [-0.2, 0) is 12.4 Å². The normalized spacial score (nSPS) is 12.6.